The molecule has 3 nitrogen and oxygen atoms in total. The SMILES string of the molecule is [C-]#[N+]/C(=C\N)C(N)=S. The van der Waals surface area contributed by atoms with Crippen LogP contribution in [0.4, 0.5) is 0 Å². The van der Waals surface area contributed by atoms with Crippen molar-refractivity contribution in [2.75, 3.05) is 0 Å². The van der Waals surface area contributed by atoms with Crippen molar-refractivity contribution in [2.45, 2.75) is 0 Å². The largest absolute Gasteiger partial charge is 0.413 e. The second kappa shape index (κ2) is 2.99. The molecular weight excluding hydrogens is 122 g/mol. The zero-order valence-corrected chi connectivity index (χ0v) is 4.90. The fourth-order valence-corrected chi connectivity index (χ4v) is 0.288. The maximum absolute atomic E-state index is 6.40. The molecular formula is C4H5N3S. The number of thiocarbonyl (C=S) groups is 1. The molecule has 0 unspecified atom stereocenters. The summed E-state index contributed by atoms with van der Waals surface area (Å²) in [5.74, 6) is 0. The predicted molar refractivity (Wildman–Crippen MR) is 35.7 cm³/mol. The van der Waals surface area contributed by atoms with Crippen LogP contribution in [0.2, 0.25) is 0 Å². The average molecular weight is 127 g/mol. The van der Waals surface area contributed by atoms with Crippen LogP contribution in [0, 0.1) is 6.57 Å². The van der Waals surface area contributed by atoms with Crippen LogP contribution in [-0.4, -0.2) is 4.99 Å². The van der Waals surface area contributed by atoms with E-state index in [2.05, 4.69) is 17.1 Å². The molecule has 0 fully saturated rings. The van der Waals surface area contributed by atoms with E-state index in [1.54, 1.807) is 0 Å². The topological polar surface area (TPSA) is 56.4 Å². The van der Waals surface area contributed by atoms with Crippen molar-refractivity contribution in [1.29, 1.82) is 0 Å². The minimum Gasteiger partial charge on any atom is -0.413 e. The second-order valence-electron chi connectivity index (χ2n) is 1.03. The lowest BCUT2D eigenvalue weighted by atomic mass is 10.5. The molecule has 0 saturated heterocycles. The van der Waals surface area contributed by atoms with E-state index >= 15 is 0 Å². The van der Waals surface area contributed by atoms with Crippen molar-refractivity contribution < 1.29 is 0 Å². The molecule has 0 radical (unpaired) electrons. The van der Waals surface area contributed by atoms with Crippen LogP contribution >= 0.6 is 12.2 Å². The second-order valence-corrected chi connectivity index (χ2v) is 1.47. The molecule has 0 heterocycles. The lowest BCUT2D eigenvalue weighted by molar-refractivity contribution is 1.54. The molecule has 0 aromatic carbocycles. The van der Waals surface area contributed by atoms with E-state index in [1.807, 2.05) is 0 Å². The van der Waals surface area contributed by atoms with Gasteiger partial charge in [-0.1, -0.05) is 12.2 Å². The van der Waals surface area contributed by atoms with Gasteiger partial charge in [-0.2, -0.15) is 0 Å². The smallest absolute Gasteiger partial charge is 0.235 e. The van der Waals surface area contributed by atoms with Gasteiger partial charge in [0.05, 0.1) is 6.57 Å². The predicted octanol–water partition coefficient (Wildman–Crippen LogP) is -0.00811. The molecule has 0 amide bonds. The highest BCUT2D eigenvalue weighted by molar-refractivity contribution is 7.80. The van der Waals surface area contributed by atoms with E-state index in [4.69, 9.17) is 18.0 Å². The Morgan fingerprint density at radius 2 is 2.25 bits per heavy atom. The first-order valence-electron chi connectivity index (χ1n) is 1.81. The van der Waals surface area contributed by atoms with Crippen molar-refractivity contribution in [3.05, 3.63) is 23.3 Å². The van der Waals surface area contributed by atoms with Crippen LogP contribution in [0.3, 0.4) is 0 Å². The summed E-state index contributed by atoms with van der Waals surface area (Å²) in [6.07, 6.45) is 1.09. The Kier molecular flexibility index (Phi) is 2.59. The third-order valence-electron chi connectivity index (χ3n) is 0.531. The van der Waals surface area contributed by atoms with Crippen LogP contribution in [0.25, 0.3) is 4.85 Å². The Balaban J connectivity index is 4.20. The standard InChI is InChI=1S/C4H5N3S/c1-7-3(2-5)4(6)8/h2H,5H2,(H2,6,8)/b3-2-. The number of nitrogens with two attached hydrogens (primary N) is 2. The molecule has 0 aliphatic carbocycles. The van der Waals surface area contributed by atoms with Gasteiger partial charge in [-0.15, -0.1) is 0 Å². The quantitative estimate of drug-likeness (QED) is 0.296. The number of hydrogen-bond acceptors (Lipinski definition) is 2. The van der Waals surface area contributed by atoms with Crippen LogP contribution in [0.1, 0.15) is 0 Å². The summed E-state index contributed by atoms with van der Waals surface area (Å²) in [5.41, 5.74) is 10.1. The summed E-state index contributed by atoms with van der Waals surface area (Å²) in [6, 6.07) is 0. The summed E-state index contributed by atoms with van der Waals surface area (Å²) < 4.78 is 0. The summed E-state index contributed by atoms with van der Waals surface area (Å²) in [7, 11) is 0. The van der Waals surface area contributed by atoms with E-state index in [0.717, 1.165) is 6.20 Å². The minimum atomic E-state index is 0.0440. The maximum atomic E-state index is 6.40. The van der Waals surface area contributed by atoms with E-state index in [-0.39, 0.29) is 10.7 Å². The molecule has 42 valence electrons. The fourth-order valence-electron chi connectivity index (χ4n) is 0.174. The highest BCUT2D eigenvalue weighted by Crippen LogP contribution is 1.91. The van der Waals surface area contributed by atoms with Crippen LogP contribution in [0.5, 0.6) is 0 Å². The third kappa shape index (κ3) is 1.58. The van der Waals surface area contributed by atoms with Gasteiger partial charge < -0.3 is 11.5 Å². The molecule has 0 atom stereocenters. The van der Waals surface area contributed by atoms with Gasteiger partial charge in [0, 0.05) is 6.20 Å². The summed E-state index contributed by atoms with van der Waals surface area (Å²) in [4.78, 5) is 2.97. The molecule has 0 bridgehead atoms. The average Bonchev–Trinajstić information content (AvgIpc) is 1.69. The molecule has 0 aromatic heterocycles. The number of rotatable bonds is 1. The van der Waals surface area contributed by atoms with Crippen LogP contribution in [-0.2, 0) is 0 Å². The number of hydrogen-bond donors (Lipinski definition) is 2. The maximum Gasteiger partial charge on any atom is 0.235 e. The molecule has 0 aliphatic rings. The van der Waals surface area contributed by atoms with Crippen LogP contribution in [0.15, 0.2) is 11.9 Å². The molecule has 4 N–H and O–H groups in total. The minimum absolute atomic E-state index is 0.0440. The van der Waals surface area contributed by atoms with Crippen molar-refractivity contribution >= 4 is 17.2 Å². The Labute approximate surface area is 52.8 Å². The first-order chi connectivity index (χ1) is 3.72. The Bertz CT molecular complexity index is 165. The Morgan fingerprint density at radius 3 is 2.25 bits per heavy atom. The van der Waals surface area contributed by atoms with E-state index in [0.29, 0.717) is 0 Å². The monoisotopic (exact) mass is 127 g/mol. The molecule has 0 aromatic rings. The van der Waals surface area contributed by atoms with Crippen LogP contribution < -0.4 is 11.5 Å². The Hall–Kier alpha value is -1.08. The molecule has 0 spiro atoms. The van der Waals surface area contributed by atoms with Gasteiger partial charge in [0.25, 0.3) is 0 Å². The molecule has 0 aliphatic heterocycles. The summed E-state index contributed by atoms with van der Waals surface area (Å²) in [5, 5.41) is 0. The zero-order chi connectivity index (χ0) is 6.57. The first kappa shape index (κ1) is 6.92. The number of nitrogens with zero attached hydrogens (tertiary/aromatic N) is 1. The zero-order valence-electron chi connectivity index (χ0n) is 4.09. The van der Waals surface area contributed by atoms with Gasteiger partial charge in [-0.25, -0.2) is 4.85 Å². The lowest BCUT2D eigenvalue weighted by Gasteiger charge is -1.86. The molecule has 0 saturated carbocycles. The van der Waals surface area contributed by atoms with Crippen molar-refractivity contribution in [3.63, 3.8) is 0 Å². The normalized spacial score (nSPS) is 10.1. The van der Waals surface area contributed by atoms with Gasteiger partial charge in [-0.05, 0) is 0 Å². The Morgan fingerprint density at radius 1 is 1.75 bits per heavy atom. The first-order valence-corrected chi connectivity index (χ1v) is 2.22. The van der Waals surface area contributed by atoms with Crippen molar-refractivity contribution in [2.24, 2.45) is 11.5 Å². The van der Waals surface area contributed by atoms with Gasteiger partial charge in [0.2, 0.25) is 5.70 Å². The molecule has 4 heteroatoms. The fraction of sp³-hybridized carbons (Fsp3) is 0. The highest BCUT2D eigenvalue weighted by atomic mass is 32.1. The van der Waals surface area contributed by atoms with Gasteiger partial charge >= 0.3 is 0 Å². The van der Waals surface area contributed by atoms with E-state index in [1.165, 1.54) is 0 Å². The summed E-state index contributed by atoms with van der Waals surface area (Å²) in [6.45, 7) is 6.40. The van der Waals surface area contributed by atoms with E-state index < -0.39 is 0 Å². The lowest BCUT2D eigenvalue weighted by Crippen LogP contribution is -2.09. The highest BCUT2D eigenvalue weighted by Gasteiger charge is 1.94. The van der Waals surface area contributed by atoms with Gasteiger partial charge in [0.15, 0.2) is 0 Å². The van der Waals surface area contributed by atoms with Gasteiger partial charge in [0.1, 0.15) is 4.99 Å². The molecule has 8 heavy (non-hydrogen) atoms. The summed E-state index contributed by atoms with van der Waals surface area (Å²) >= 11 is 4.43. The van der Waals surface area contributed by atoms with Gasteiger partial charge in [-0.3, -0.25) is 0 Å². The van der Waals surface area contributed by atoms with Crippen molar-refractivity contribution in [1.82, 2.24) is 0 Å². The van der Waals surface area contributed by atoms with E-state index in [9.17, 15) is 0 Å². The third-order valence-corrected chi connectivity index (χ3v) is 0.740. The molecule has 0 rings (SSSR count). The van der Waals surface area contributed by atoms with Crippen molar-refractivity contribution in [3.8, 4) is 0 Å².